The van der Waals surface area contributed by atoms with E-state index in [2.05, 4.69) is 4.40 Å². The van der Waals surface area contributed by atoms with Crippen molar-refractivity contribution in [2.24, 2.45) is 4.40 Å². The van der Waals surface area contributed by atoms with Crippen LogP contribution in [-0.2, 0) is 25.1 Å². The van der Waals surface area contributed by atoms with Gasteiger partial charge in [0.05, 0.1) is 7.11 Å². The first kappa shape index (κ1) is 11.9. The lowest BCUT2D eigenvalue weighted by molar-refractivity contribution is 0.0499. The quantitative estimate of drug-likeness (QED) is 0.758. The Labute approximate surface area is 100 Å². The molecule has 0 fully saturated rings. The third-order valence-corrected chi connectivity index (χ3v) is 3.89. The van der Waals surface area contributed by atoms with Gasteiger partial charge in [-0.3, -0.25) is 0 Å². The van der Waals surface area contributed by atoms with Gasteiger partial charge in [0.15, 0.2) is 5.60 Å². The Morgan fingerprint density at radius 3 is 2.59 bits per heavy atom. The summed E-state index contributed by atoms with van der Waals surface area (Å²) in [6.07, 6.45) is -0.220. The number of sulfonamides is 1. The minimum atomic E-state index is -3.56. The van der Waals surface area contributed by atoms with E-state index >= 15 is 0 Å². The maximum absolute atomic E-state index is 11.7. The molecule has 1 aromatic carbocycles. The molecule has 6 heteroatoms. The van der Waals surface area contributed by atoms with E-state index < -0.39 is 15.6 Å². The van der Waals surface area contributed by atoms with Crippen molar-refractivity contribution in [3.8, 4) is 0 Å². The van der Waals surface area contributed by atoms with Gasteiger partial charge < -0.3 is 9.47 Å². The molecule has 1 aliphatic rings. The van der Waals surface area contributed by atoms with Crippen LogP contribution in [0.5, 0.6) is 0 Å². The zero-order chi connectivity index (χ0) is 12.5. The van der Waals surface area contributed by atoms with Crippen molar-refractivity contribution in [2.45, 2.75) is 12.5 Å². The summed E-state index contributed by atoms with van der Waals surface area (Å²) >= 11 is 0. The van der Waals surface area contributed by atoms with Crippen LogP contribution >= 0.6 is 0 Å². The summed E-state index contributed by atoms with van der Waals surface area (Å²) in [5.74, 6) is -0.198. The van der Waals surface area contributed by atoms with Gasteiger partial charge in [-0.2, -0.15) is 0 Å². The van der Waals surface area contributed by atoms with Gasteiger partial charge in [0.25, 0.3) is 10.0 Å². The molecule has 92 valence electrons. The van der Waals surface area contributed by atoms with Gasteiger partial charge in [0.1, 0.15) is 5.75 Å². The van der Waals surface area contributed by atoms with Crippen LogP contribution in [0.2, 0.25) is 0 Å². The van der Waals surface area contributed by atoms with Crippen molar-refractivity contribution in [3.05, 3.63) is 35.9 Å². The fourth-order valence-corrected chi connectivity index (χ4v) is 3.07. The van der Waals surface area contributed by atoms with Crippen LogP contribution in [0.1, 0.15) is 12.5 Å². The van der Waals surface area contributed by atoms with Crippen LogP contribution in [0.15, 0.2) is 34.7 Å². The topological polar surface area (TPSA) is 65.0 Å². The number of methoxy groups -OCH3 is 1. The molecule has 0 saturated heterocycles. The highest BCUT2D eigenvalue weighted by Crippen LogP contribution is 2.31. The summed E-state index contributed by atoms with van der Waals surface area (Å²) in [7, 11) is -2.24. The molecule has 2 rings (SSSR count). The first-order valence-electron chi connectivity index (χ1n) is 5.06. The fraction of sp³-hybridized carbons (Fsp3) is 0.364. The van der Waals surface area contributed by atoms with Gasteiger partial charge in [-0.05, 0) is 12.5 Å². The van der Waals surface area contributed by atoms with Gasteiger partial charge in [0.2, 0.25) is 0 Å². The number of benzene rings is 1. The highest BCUT2D eigenvalue weighted by molar-refractivity contribution is 7.90. The molecule has 0 N–H and O–H groups in total. The standard InChI is InChI=1S/C11H13NO4S/c1-11(9-6-4-3-5-7-9)8-17(13,14)12-10(15-2)16-11/h3-7H,8H2,1-2H3/t11-/m1/s1. The predicted octanol–water partition coefficient (Wildman–Crippen LogP) is 1.26. The second-order valence-electron chi connectivity index (χ2n) is 3.99. The number of hydrogen-bond acceptors (Lipinski definition) is 4. The maximum atomic E-state index is 11.7. The molecular weight excluding hydrogens is 242 g/mol. The van der Waals surface area contributed by atoms with Gasteiger partial charge in [0, 0.05) is 0 Å². The molecule has 0 aromatic heterocycles. The van der Waals surface area contributed by atoms with Crippen molar-refractivity contribution in [1.29, 1.82) is 0 Å². The lowest BCUT2D eigenvalue weighted by atomic mass is 9.98. The monoisotopic (exact) mass is 255 g/mol. The van der Waals surface area contributed by atoms with E-state index in [1.54, 1.807) is 6.92 Å². The molecule has 0 bridgehead atoms. The highest BCUT2D eigenvalue weighted by atomic mass is 32.2. The van der Waals surface area contributed by atoms with Crippen molar-refractivity contribution in [2.75, 3.05) is 12.9 Å². The highest BCUT2D eigenvalue weighted by Gasteiger charge is 2.40. The number of nitrogens with zero attached hydrogens (tertiary/aromatic N) is 1. The first-order chi connectivity index (χ1) is 7.95. The average Bonchev–Trinajstić information content (AvgIpc) is 2.28. The van der Waals surface area contributed by atoms with Gasteiger partial charge >= 0.3 is 6.08 Å². The lowest BCUT2D eigenvalue weighted by Crippen LogP contribution is -2.40. The number of rotatable bonds is 1. The normalized spacial score (nSPS) is 26.8. The second kappa shape index (κ2) is 4.03. The molecule has 0 spiro atoms. The molecule has 5 nitrogen and oxygen atoms in total. The summed E-state index contributed by atoms with van der Waals surface area (Å²) in [5.41, 5.74) is -0.194. The van der Waals surface area contributed by atoms with E-state index in [9.17, 15) is 8.42 Å². The van der Waals surface area contributed by atoms with Gasteiger partial charge in [-0.15, -0.1) is 0 Å². The van der Waals surface area contributed by atoms with E-state index in [-0.39, 0.29) is 11.8 Å². The van der Waals surface area contributed by atoms with Crippen molar-refractivity contribution in [1.82, 2.24) is 0 Å². The van der Waals surface area contributed by atoms with E-state index in [1.807, 2.05) is 30.3 Å². The molecule has 0 unspecified atom stereocenters. The van der Waals surface area contributed by atoms with Crippen LogP contribution in [0.25, 0.3) is 0 Å². The van der Waals surface area contributed by atoms with Crippen molar-refractivity contribution in [3.63, 3.8) is 0 Å². The summed E-state index contributed by atoms with van der Waals surface area (Å²) in [6.45, 7) is 1.70. The lowest BCUT2D eigenvalue weighted by Gasteiger charge is -2.32. The minimum absolute atomic E-state index is 0.198. The Morgan fingerprint density at radius 2 is 2.00 bits per heavy atom. The largest absolute Gasteiger partial charge is 0.453 e. The molecule has 0 saturated carbocycles. The predicted molar refractivity (Wildman–Crippen MR) is 63.1 cm³/mol. The Morgan fingerprint density at radius 1 is 1.35 bits per heavy atom. The summed E-state index contributed by atoms with van der Waals surface area (Å²) in [6, 6.07) is 9.14. The average molecular weight is 255 g/mol. The van der Waals surface area contributed by atoms with Crippen LogP contribution in [-0.4, -0.2) is 27.4 Å². The van der Waals surface area contributed by atoms with Crippen LogP contribution in [0, 0.1) is 0 Å². The summed E-state index contributed by atoms with van der Waals surface area (Å²) in [4.78, 5) is 0. The molecular formula is C11H13NO4S. The summed E-state index contributed by atoms with van der Waals surface area (Å²) in [5, 5.41) is 0. The molecule has 0 radical (unpaired) electrons. The molecule has 1 heterocycles. The SMILES string of the molecule is COC1=NS(=O)(=O)C[C@](C)(c2ccccc2)O1. The molecule has 0 amide bonds. The number of hydrogen-bond donors (Lipinski definition) is 0. The molecule has 17 heavy (non-hydrogen) atoms. The minimum Gasteiger partial charge on any atom is -0.453 e. The van der Waals surface area contributed by atoms with E-state index in [0.29, 0.717) is 0 Å². The maximum Gasteiger partial charge on any atom is 0.400 e. The van der Waals surface area contributed by atoms with Crippen molar-refractivity contribution < 1.29 is 17.9 Å². The smallest absolute Gasteiger partial charge is 0.400 e. The van der Waals surface area contributed by atoms with Gasteiger partial charge in [-0.1, -0.05) is 34.7 Å². The van der Waals surface area contributed by atoms with Crippen LogP contribution in [0.3, 0.4) is 0 Å². The van der Waals surface area contributed by atoms with E-state index in [0.717, 1.165) is 5.56 Å². The Bertz CT molecular complexity index is 538. The fourth-order valence-electron chi connectivity index (χ4n) is 1.75. The Hall–Kier alpha value is -1.56. The zero-order valence-corrected chi connectivity index (χ0v) is 10.4. The summed E-state index contributed by atoms with van der Waals surface area (Å²) < 4.78 is 37.0. The molecule has 0 aliphatic carbocycles. The molecule has 1 atom stereocenters. The molecule has 1 aliphatic heterocycles. The Kier molecular flexibility index (Phi) is 2.82. The third-order valence-electron chi connectivity index (χ3n) is 2.54. The van der Waals surface area contributed by atoms with Crippen LogP contribution in [0.4, 0.5) is 0 Å². The zero-order valence-electron chi connectivity index (χ0n) is 9.58. The number of ether oxygens (including phenoxy) is 2. The van der Waals surface area contributed by atoms with Crippen molar-refractivity contribution >= 4 is 16.1 Å². The van der Waals surface area contributed by atoms with E-state index in [1.165, 1.54) is 7.11 Å². The van der Waals surface area contributed by atoms with Gasteiger partial charge in [-0.25, -0.2) is 8.42 Å². The Balaban J connectivity index is 2.45. The first-order valence-corrected chi connectivity index (χ1v) is 6.67. The molecule has 1 aromatic rings. The second-order valence-corrected chi connectivity index (χ2v) is 5.62. The third kappa shape index (κ3) is 2.41. The van der Waals surface area contributed by atoms with E-state index in [4.69, 9.17) is 9.47 Å². The van der Waals surface area contributed by atoms with Crippen LogP contribution < -0.4 is 0 Å².